The fraction of sp³-hybridized carbons (Fsp3) is 0.115. The lowest BCUT2D eigenvalue weighted by molar-refractivity contribution is 0.0943. The average Bonchev–Trinajstić information content (AvgIpc) is 3.33. The van der Waals surface area contributed by atoms with E-state index in [-0.39, 0.29) is 17.4 Å². The van der Waals surface area contributed by atoms with E-state index in [1.165, 1.54) is 18.4 Å². The molecule has 0 aliphatic carbocycles. The van der Waals surface area contributed by atoms with Crippen LogP contribution in [0.2, 0.25) is 0 Å². The van der Waals surface area contributed by atoms with Gasteiger partial charge in [-0.2, -0.15) is 0 Å². The molecule has 0 fully saturated rings. The molecule has 6 heteroatoms. The summed E-state index contributed by atoms with van der Waals surface area (Å²) in [6.07, 6.45) is 1.46. The number of Topliss-reactive ketones (excluding diaryl/α,β-unsaturated/α-hetero) is 1. The molecule has 0 aliphatic rings. The Bertz CT molecular complexity index is 1180. The van der Waals surface area contributed by atoms with Crippen molar-refractivity contribution >= 4 is 11.5 Å². The Morgan fingerprint density at radius 1 is 0.906 bits per heavy atom. The molecule has 1 aromatic heterocycles. The SMILES string of the molecule is COc1cc(NC(C(=O)c2occc2-c2ccc(F)cc2)c2ccccc2)cc(OC)c1. The third kappa shape index (κ3) is 4.49. The number of rotatable bonds is 8. The third-order valence-electron chi connectivity index (χ3n) is 5.10. The lowest BCUT2D eigenvalue weighted by atomic mass is 9.96. The number of carbonyl (C=O) groups is 1. The number of anilines is 1. The van der Waals surface area contributed by atoms with Crippen LogP contribution in [0.1, 0.15) is 22.2 Å². The van der Waals surface area contributed by atoms with Gasteiger partial charge in [-0.25, -0.2) is 4.39 Å². The fourth-order valence-corrected chi connectivity index (χ4v) is 3.49. The second-order valence-electron chi connectivity index (χ2n) is 7.12. The van der Waals surface area contributed by atoms with Gasteiger partial charge < -0.3 is 19.2 Å². The quantitative estimate of drug-likeness (QED) is 0.340. The Balaban J connectivity index is 1.74. The third-order valence-corrected chi connectivity index (χ3v) is 5.10. The minimum Gasteiger partial charge on any atom is -0.497 e. The predicted octanol–water partition coefficient (Wildman–Crippen LogP) is 6.14. The van der Waals surface area contributed by atoms with Crippen molar-refractivity contribution in [1.82, 2.24) is 0 Å². The Kier molecular flexibility index (Phi) is 6.22. The molecule has 1 N–H and O–H groups in total. The van der Waals surface area contributed by atoms with Crippen LogP contribution in [-0.4, -0.2) is 20.0 Å². The number of halogens is 1. The van der Waals surface area contributed by atoms with Gasteiger partial charge in [0, 0.05) is 29.4 Å². The average molecular weight is 431 g/mol. The maximum Gasteiger partial charge on any atom is 0.225 e. The number of methoxy groups -OCH3 is 2. The van der Waals surface area contributed by atoms with Gasteiger partial charge in [-0.15, -0.1) is 0 Å². The first-order chi connectivity index (χ1) is 15.6. The number of nitrogens with one attached hydrogen (secondary N) is 1. The summed E-state index contributed by atoms with van der Waals surface area (Å²) in [5, 5.41) is 3.29. The number of hydrogen-bond acceptors (Lipinski definition) is 5. The second kappa shape index (κ2) is 9.39. The number of benzene rings is 3. The first-order valence-corrected chi connectivity index (χ1v) is 10.0. The minimum absolute atomic E-state index is 0.188. The Morgan fingerprint density at radius 3 is 2.19 bits per heavy atom. The molecule has 0 radical (unpaired) electrons. The smallest absolute Gasteiger partial charge is 0.225 e. The molecule has 1 heterocycles. The van der Waals surface area contributed by atoms with Gasteiger partial charge in [0.2, 0.25) is 5.78 Å². The lowest BCUT2D eigenvalue weighted by Crippen LogP contribution is -2.21. The van der Waals surface area contributed by atoms with Crippen LogP contribution in [0.4, 0.5) is 10.1 Å². The van der Waals surface area contributed by atoms with Crippen molar-refractivity contribution in [3.05, 3.63) is 102 Å². The van der Waals surface area contributed by atoms with E-state index in [0.717, 1.165) is 5.56 Å². The molecule has 0 saturated carbocycles. The van der Waals surface area contributed by atoms with E-state index in [1.54, 1.807) is 50.6 Å². The lowest BCUT2D eigenvalue weighted by Gasteiger charge is -2.20. The zero-order valence-electron chi connectivity index (χ0n) is 17.7. The van der Waals surface area contributed by atoms with Crippen LogP contribution >= 0.6 is 0 Å². The zero-order valence-corrected chi connectivity index (χ0v) is 17.7. The molecule has 0 spiro atoms. The molecule has 0 saturated heterocycles. The van der Waals surface area contributed by atoms with E-state index in [1.807, 2.05) is 30.3 Å². The summed E-state index contributed by atoms with van der Waals surface area (Å²) in [7, 11) is 3.13. The van der Waals surface area contributed by atoms with Gasteiger partial charge in [-0.3, -0.25) is 4.79 Å². The second-order valence-corrected chi connectivity index (χ2v) is 7.12. The molecule has 162 valence electrons. The van der Waals surface area contributed by atoms with Gasteiger partial charge in [0.1, 0.15) is 23.4 Å². The Labute approximate surface area is 185 Å². The highest BCUT2D eigenvalue weighted by Gasteiger charge is 2.27. The van der Waals surface area contributed by atoms with Crippen LogP contribution in [0.3, 0.4) is 0 Å². The van der Waals surface area contributed by atoms with Crippen molar-refractivity contribution in [1.29, 1.82) is 0 Å². The Morgan fingerprint density at radius 2 is 1.56 bits per heavy atom. The van der Waals surface area contributed by atoms with Crippen LogP contribution in [0.5, 0.6) is 11.5 Å². The summed E-state index contributed by atoms with van der Waals surface area (Å²) in [5.74, 6) is 0.767. The zero-order chi connectivity index (χ0) is 22.5. The number of furan rings is 1. The van der Waals surface area contributed by atoms with Crippen molar-refractivity contribution in [3.63, 3.8) is 0 Å². The summed E-state index contributed by atoms with van der Waals surface area (Å²) in [6.45, 7) is 0. The normalized spacial score (nSPS) is 11.6. The summed E-state index contributed by atoms with van der Waals surface area (Å²) < 4.78 is 29.7. The standard InChI is InChI=1S/C26H22FNO4/c1-30-21-14-20(15-22(16-21)31-2)28-24(18-6-4-3-5-7-18)25(29)26-23(12-13-32-26)17-8-10-19(27)11-9-17/h3-16,24,28H,1-2H3. The predicted molar refractivity (Wildman–Crippen MR) is 121 cm³/mol. The van der Waals surface area contributed by atoms with Crippen molar-refractivity contribution < 1.29 is 23.1 Å². The van der Waals surface area contributed by atoms with E-state index in [2.05, 4.69) is 5.32 Å². The number of ketones is 1. The van der Waals surface area contributed by atoms with Crippen LogP contribution in [0, 0.1) is 5.82 Å². The van der Waals surface area contributed by atoms with Gasteiger partial charge in [0.25, 0.3) is 0 Å². The summed E-state index contributed by atoms with van der Waals surface area (Å²) in [6, 6.07) is 21.6. The number of hydrogen-bond donors (Lipinski definition) is 1. The van der Waals surface area contributed by atoms with Crippen molar-refractivity contribution in [2.45, 2.75) is 6.04 Å². The molecular formula is C26H22FNO4. The Hall–Kier alpha value is -4.06. The highest BCUT2D eigenvalue weighted by molar-refractivity contribution is 6.05. The van der Waals surface area contributed by atoms with E-state index in [9.17, 15) is 9.18 Å². The minimum atomic E-state index is -0.738. The summed E-state index contributed by atoms with van der Waals surface area (Å²) in [5.41, 5.74) is 2.71. The van der Waals surface area contributed by atoms with E-state index >= 15 is 0 Å². The highest BCUT2D eigenvalue weighted by atomic mass is 19.1. The highest BCUT2D eigenvalue weighted by Crippen LogP contribution is 2.33. The van der Waals surface area contributed by atoms with E-state index < -0.39 is 6.04 Å². The first-order valence-electron chi connectivity index (χ1n) is 10.0. The molecule has 0 amide bonds. The topological polar surface area (TPSA) is 60.7 Å². The molecule has 32 heavy (non-hydrogen) atoms. The van der Waals surface area contributed by atoms with Crippen molar-refractivity contribution in [2.75, 3.05) is 19.5 Å². The van der Waals surface area contributed by atoms with Gasteiger partial charge >= 0.3 is 0 Å². The largest absolute Gasteiger partial charge is 0.497 e. The maximum atomic E-state index is 13.7. The molecule has 4 aromatic rings. The fourth-order valence-electron chi connectivity index (χ4n) is 3.49. The number of ether oxygens (including phenoxy) is 2. The van der Waals surface area contributed by atoms with Crippen LogP contribution in [0.25, 0.3) is 11.1 Å². The van der Waals surface area contributed by atoms with Gasteiger partial charge in [-0.1, -0.05) is 42.5 Å². The van der Waals surface area contributed by atoms with Crippen LogP contribution in [-0.2, 0) is 0 Å². The van der Waals surface area contributed by atoms with Gasteiger partial charge in [0.05, 0.1) is 20.5 Å². The molecule has 4 rings (SSSR count). The first kappa shape index (κ1) is 21.2. The van der Waals surface area contributed by atoms with Gasteiger partial charge in [-0.05, 0) is 29.3 Å². The van der Waals surface area contributed by atoms with Crippen molar-refractivity contribution in [3.8, 4) is 22.6 Å². The van der Waals surface area contributed by atoms with Crippen LogP contribution < -0.4 is 14.8 Å². The molecule has 5 nitrogen and oxygen atoms in total. The van der Waals surface area contributed by atoms with E-state index in [0.29, 0.717) is 28.3 Å². The van der Waals surface area contributed by atoms with Crippen molar-refractivity contribution in [2.24, 2.45) is 0 Å². The molecule has 0 aliphatic heterocycles. The molecule has 1 unspecified atom stereocenters. The van der Waals surface area contributed by atoms with E-state index in [4.69, 9.17) is 13.9 Å². The molecular weight excluding hydrogens is 409 g/mol. The molecule has 1 atom stereocenters. The molecule has 3 aromatic carbocycles. The summed E-state index contributed by atoms with van der Waals surface area (Å²) in [4.78, 5) is 13.7. The number of carbonyl (C=O) groups excluding carboxylic acids is 1. The monoisotopic (exact) mass is 431 g/mol. The summed E-state index contributed by atoms with van der Waals surface area (Å²) >= 11 is 0. The van der Waals surface area contributed by atoms with Crippen LogP contribution in [0.15, 0.2) is 89.5 Å². The van der Waals surface area contributed by atoms with Gasteiger partial charge in [0.15, 0.2) is 5.76 Å². The maximum absolute atomic E-state index is 13.7. The molecule has 0 bridgehead atoms.